The van der Waals surface area contributed by atoms with Gasteiger partial charge in [0.2, 0.25) is 0 Å². The van der Waals surface area contributed by atoms with Crippen LogP contribution in [0.1, 0.15) is 32.4 Å². The molecule has 0 saturated heterocycles. The van der Waals surface area contributed by atoms with Gasteiger partial charge in [-0.15, -0.1) is 11.3 Å². The number of thiophene rings is 1. The van der Waals surface area contributed by atoms with E-state index in [-0.39, 0.29) is 0 Å². The minimum Gasteiger partial charge on any atom is -0.369 e. The van der Waals surface area contributed by atoms with Crippen LogP contribution in [-0.4, -0.2) is 16.5 Å². The SMILES string of the molecule is CCCNc1nc(-c2ccc(Br)s2)nc(CCC)c1Br. The molecule has 2 rings (SSSR count). The van der Waals surface area contributed by atoms with Crippen LogP contribution < -0.4 is 5.32 Å². The summed E-state index contributed by atoms with van der Waals surface area (Å²) in [5, 5.41) is 3.37. The summed E-state index contributed by atoms with van der Waals surface area (Å²) in [6.07, 6.45) is 3.08. The highest BCUT2D eigenvalue weighted by Crippen LogP contribution is 2.33. The largest absolute Gasteiger partial charge is 0.369 e. The Morgan fingerprint density at radius 1 is 1.15 bits per heavy atom. The van der Waals surface area contributed by atoms with Gasteiger partial charge in [-0.2, -0.15) is 0 Å². The zero-order valence-electron chi connectivity index (χ0n) is 11.5. The third-order valence-electron chi connectivity index (χ3n) is 2.74. The monoisotopic (exact) mass is 417 g/mol. The zero-order chi connectivity index (χ0) is 14.5. The van der Waals surface area contributed by atoms with E-state index in [4.69, 9.17) is 4.98 Å². The normalized spacial score (nSPS) is 10.8. The second-order valence-electron chi connectivity index (χ2n) is 4.44. The first-order chi connectivity index (χ1) is 9.65. The number of anilines is 1. The number of hydrogen-bond donors (Lipinski definition) is 1. The Labute approximate surface area is 140 Å². The van der Waals surface area contributed by atoms with Gasteiger partial charge >= 0.3 is 0 Å². The maximum atomic E-state index is 4.71. The lowest BCUT2D eigenvalue weighted by Gasteiger charge is -2.11. The molecule has 0 unspecified atom stereocenters. The Morgan fingerprint density at radius 3 is 2.55 bits per heavy atom. The molecular weight excluding hydrogens is 402 g/mol. The van der Waals surface area contributed by atoms with E-state index in [2.05, 4.69) is 62.1 Å². The molecule has 2 aromatic heterocycles. The van der Waals surface area contributed by atoms with Gasteiger partial charge in [0.05, 0.1) is 18.8 Å². The standard InChI is InChI=1S/C14H17Br2N3S/c1-3-5-9-12(16)14(17-8-4-2)19-13(18-9)10-6-7-11(15)20-10/h6-7H,3-5,8H2,1-2H3,(H,17,18,19). The predicted molar refractivity (Wildman–Crippen MR) is 93.5 cm³/mol. The predicted octanol–water partition coefficient (Wildman–Crippen LogP) is 5.50. The maximum Gasteiger partial charge on any atom is 0.171 e. The van der Waals surface area contributed by atoms with Gasteiger partial charge in [0.15, 0.2) is 5.82 Å². The number of rotatable bonds is 6. The zero-order valence-corrected chi connectivity index (χ0v) is 15.5. The van der Waals surface area contributed by atoms with Gasteiger partial charge in [0.25, 0.3) is 0 Å². The number of nitrogens with one attached hydrogen (secondary N) is 1. The molecule has 108 valence electrons. The van der Waals surface area contributed by atoms with Crippen LogP contribution in [-0.2, 0) is 6.42 Å². The number of aryl methyl sites for hydroxylation is 1. The molecule has 3 nitrogen and oxygen atoms in total. The summed E-state index contributed by atoms with van der Waals surface area (Å²) >= 11 is 8.78. The lowest BCUT2D eigenvalue weighted by Crippen LogP contribution is -2.07. The van der Waals surface area contributed by atoms with Crippen molar-refractivity contribution < 1.29 is 0 Å². The first-order valence-electron chi connectivity index (χ1n) is 6.71. The number of hydrogen-bond acceptors (Lipinski definition) is 4. The lowest BCUT2D eigenvalue weighted by atomic mass is 10.2. The van der Waals surface area contributed by atoms with Crippen molar-refractivity contribution in [1.29, 1.82) is 0 Å². The third-order valence-corrected chi connectivity index (χ3v) is 5.20. The Kier molecular flexibility index (Phi) is 5.99. The molecule has 1 N–H and O–H groups in total. The fraction of sp³-hybridized carbons (Fsp3) is 0.429. The van der Waals surface area contributed by atoms with Gasteiger partial charge < -0.3 is 5.32 Å². The van der Waals surface area contributed by atoms with Crippen molar-refractivity contribution in [3.8, 4) is 10.7 Å². The highest BCUT2D eigenvalue weighted by atomic mass is 79.9. The van der Waals surface area contributed by atoms with Gasteiger partial charge in [-0.25, -0.2) is 9.97 Å². The molecule has 0 aromatic carbocycles. The summed E-state index contributed by atoms with van der Waals surface area (Å²) in [5.41, 5.74) is 1.07. The molecule has 0 aliphatic carbocycles. The number of nitrogens with zero attached hydrogens (tertiary/aromatic N) is 2. The molecule has 20 heavy (non-hydrogen) atoms. The second kappa shape index (κ2) is 7.52. The minimum atomic E-state index is 0.797. The maximum absolute atomic E-state index is 4.71. The molecule has 2 aromatic rings. The lowest BCUT2D eigenvalue weighted by molar-refractivity contribution is 0.865. The smallest absolute Gasteiger partial charge is 0.171 e. The molecule has 0 bridgehead atoms. The molecule has 0 amide bonds. The van der Waals surface area contributed by atoms with E-state index >= 15 is 0 Å². The van der Waals surface area contributed by atoms with Crippen molar-refractivity contribution in [2.45, 2.75) is 33.1 Å². The van der Waals surface area contributed by atoms with Crippen LogP contribution in [0.4, 0.5) is 5.82 Å². The van der Waals surface area contributed by atoms with Crippen LogP contribution >= 0.6 is 43.2 Å². The van der Waals surface area contributed by atoms with Crippen molar-refractivity contribution in [2.75, 3.05) is 11.9 Å². The first kappa shape index (κ1) is 15.9. The van der Waals surface area contributed by atoms with E-state index in [0.717, 1.165) is 56.3 Å². The fourth-order valence-electron chi connectivity index (χ4n) is 1.80. The van der Waals surface area contributed by atoms with Crippen LogP contribution in [0.3, 0.4) is 0 Å². The van der Waals surface area contributed by atoms with Gasteiger partial charge in [0, 0.05) is 6.54 Å². The highest BCUT2D eigenvalue weighted by molar-refractivity contribution is 9.11. The Balaban J connectivity index is 2.43. The van der Waals surface area contributed by atoms with Gasteiger partial charge in [-0.3, -0.25) is 0 Å². The van der Waals surface area contributed by atoms with Gasteiger partial charge in [-0.1, -0.05) is 20.3 Å². The summed E-state index contributed by atoms with van der Waals surface area (Å²) < 4.78 is 2.09. The van der Waals surface area contributed by atoms with Gasteiger partial charge in [-0.05, 0) is 56.8 Å². The van der Waals surface area contributed by atoms with Gasteiger partial charge in [0.1, 0.15) is 5.82 Å². The van der Waals surface area contributed by atoms with Crippen molar-refractivity contribution >= 4 is 49.0 Å². The van der Waals surface area contributed by atoms with Crippen LogP contribution in [0.15, 0.2) is 20.4 Å². The van der Waals surface area contributed by atoms with E-state index in [9.17, 15) is 0 Å². The Morgan fingerprint density at radius 2 is 1.95 bits per heavy atom. The topological polar surface area (TPSA) is 37.8 Å². The average Bonchev–Trinajstić information content (AvgIpc) is 2.86. The quantitative estimate of drug-likeness (QED) is 0.672. The molecule has 0 aliphatic rings. The molecule has 2 heterocycles. The molecule has 0 saturated carbocycles. The van der Waals surface area contributed by atoms with Crippen LogP contribution in [0.5, 0.6) is 0 Å². The molecular formula is C14H17Br2N3S. The molecule has 0 atom stereocenters. The van der Waals surface area contributed by atoms with Crippen LogP contribution in [0.25, 0.3) is 10.7 Å². The molecule has 0 spiro atoms. The van der Waals surface area contributed by atoms with E-state index in [1.807, 2.05) is 6.07 Å². The third kappa shape index (κ3) is 3.80. The van der Waals surface area contributed by atoms with Crippen molar-refractivity contribution in [3.63, 3.8) is 0 Å². The summed E-state index contributed by atoms with van der Waals surface area (Å²) in [4.78, 5) is 10.4. The summed E-state index contributed by atoms with van der Waals surface area (Å²) in [7, 11) is 0. The molecule has 0 radical (unpaired) electrons. The molecule has 0 fully saturated rings. The van der Waals surface area contributed by atoms with Crippen LogP contribution in [0.2, 0.25) is 0 Å². The van der Waals surface area contributed by atoms with Crippen LogP contribution in [0, 0.1) is 0 Å². The second-order valence-corrected chi connectivity index (χ2v) is 7.69. The number of aromatic nitrogens is 2. The Hall–Kier alpha value is -0.460. The highest BCUT2D eigenvalue weighted by Gasteiger charge is 2.14. The average molecular weight is 419 g/mol. The van der Waals surface area contributed by atoms with E-state index in [1.54, 1.807) is 11.3 Å². The van der Waals surface area contributed by atoms with E-state index in [0.29, 0.717) is 0 Å². The summed E-state index contributed by atoms with van der Waals surface area (Å²) in [5.74, 6) is 1.69. The van der Waals surface area contributed by atoms with Crippen molar-refractivity contribution in [2.24, 2.45) is 0 Å². The van der Waals surface area contributed by atoms with E-state index in [1.165, 1.54) is 0 Å². The molecule has 0 aliphatic heterocycles. The summed E-state index contributed by atoms with van der Waals surface area (Å²) in [6.45, 7) is 5.22. The number of halogens is 2. The molecule has 6 heteroatoms. The Bertz CT molecular complexity index is 584. The fourth-order valence-corrected chi connectivity index (χ4v) is 3.64. The summed E-state index contributed by atoms with van der Waals surface area (Å²) in [6, 6.07) is 4.08. The van der Waals surface area contributed by atoms with Crippen molar-refractivity contribution in [1.82, 2.24) is 9.97 Å². The van der Waals surface area contributed by atoms with Crippen molar-refractivity contribution in [3.05, 3.63) is 26.1 Å². The minimum absolute atomic E-state index is 0.797. The first-order valence-corrected chi connectivity index (χ1v) is 9.12. The van der Waals surface area contributed by atoms with E-state index < -0.39 is 0 Å².